The molecule has 128 valence electrons. The van der Waals surface area contributed by atoms with Crippen LogP contribution in [0.3, 0.4) is 0 Å². The van der Waals surface area contributed by atoms with Gasteiger partial charge < -0.3 is 4.98 Å². The van der Waals surface area contributed by atoms with Crippen molar-refractivity contribution in [1.82, 2.24) is 4.98 Å². The van der Waals surface area contributed by atoms with E-state index in [1.54, 1.807) is 4.72 Å². The lowest BCUT2D eigenvalue weighted by atomic mass is 10.2. The number of aromatic nitrogens is 1. The van der Waals surface area contributed by atoms with E-state index in [4.69, 9.17) is 5.26 Å². The Labute approximate surface area is 138 Å². The third kappa shape index (κ3) is 2.89. The monoisotopic (exact) mass is 369 g/mol. The van der Waals surface area contributed by atoms with Gasteiger partial charge in [0, 0.05) is 18.3 Å². The first-order valence-electron chi connectivity index (χ1n) is 6.61. The number of anilines is 1. The number of benzene rings is 2. The van der Waals surface area contributed by atoms with Gasteiger partial charge in [-0.25, -0.2) is 26.0 Å². The number of aromatic amines is 1. The highest BCUT2D eigenvalue weighted by atomic mass is 32.2. The van der Waals surface area contributed by atoms with E-state index in [-0.39, 0.29) is 5.52 Å². The second kappa shape index (κ2) is 5.78. The molecule has 0 saturated carbocycles. The van der Waals surface area contributed by atoms with Crippen LogP contribution in [0, 0.1) is 34.6 Å². The van der Waals surface area contributed by atoms with Gasteiger partial charge in [0.15, 0.2) is 0 Å². The molecular formula is C15H7F4N3O2S. The summed E-state index contributed by atoms with van der Waals surface area (Å²) in [5.74, 6) is -4.37. The molecule has 1 heterocycles. The van der Waals surface area contributed by atoms with Crippen LogP contribution in [0.4, 0.5) is 23.2 Å². The molecule has 1 aromatic heterocycles. The van der Waals surface area contributed by atoms with Crippen LogP contribution in [0.5, 0.6) is 0 Å². The van der Waals surface area contributed by atoms with E-state index in [2.05, 4.69) is 4.98 Å². The average Bonchev–Trinajstić information content (AvgIpc) is 2.95. The Morgan fingerprint density at radius 3 is 2.40 bits per heavy atom. The number of hydrogen-bond acceptors (Lipinski definition) is 3. The Balaban J connectivity index is 2.10. The zero-order valence-corrected chi connectivity index (χ0v) is 12.9. The van der Waals surface area contributed by atoms with Crippen LogP contribution in [-0.4, -0.2) is 13.4 Å². The van der Waals surface area contributed by atoms with Crippen molar-refractivity contribution in [2.75, 3.05) is 4.72 Å². The highest BCUT2D eigenvalue weighted by molar-refractivity contribution is 7.93. The Hall–Kier alpha value is -3.06. The topological polar surface area (TPSA) is 85.8 Å². The molecule has 0 radical (unpaired) electrons. The normalized spacial score (nSPS) is 11.5. The van der Waals surface area contributed by atoms with Crippen molar-refractivity contribution in [3.8, 4) is 6.07 Å². The first-order chi connectivity index (χ1) is 11.7. The number of nitriles is 1. The van der Waals surface area contributed by atoms with Crippen molar-refractivity contribution < 1.29 is 26.0 Å². The van der Waals surface area contributed by atoms with E-state index in [1.165, 1.54) is 6.07 Å². The third-order valence-corrected chi connectivity index (χ3v) is 4.76. The van der Waals surface area contributed by atoms with Crippen molar-refractivity contribution in [2.45, 2.75) is 4.90 Å². The van der Waals surface area contributed by atoms with Crippen LogP contribution in [0.1, 0.15) is 5.56 Å². The van der Waals surface area contributed by atoms with Gasteiger partial charge in [-0.3, -0.25) is 4.72 Å². The van der Waals surface area contributed by atoms with Gasteiger partial charge in [-0.15, -0.1) is 0 Å². The number of rotatable bonds is 3. The van der Waals surface area contributed by atoms with E-state index in [1.807, 2.05) is 0 Å². The van der Waals surface area contributed by atoms with Gasteiger partial charge in [0.05, 0.1) is 22.2 Å². The van der Waals surface area contributed by atoms with Gasteiger partial charge in [0.1, 0.15) is 34.2 Å². The second-order valence-corrected chi connectivity index (χ2v) is 6.64. The van der Waals surface area contributed by atoms with E-state index in [9.17, 15) is 26.0 Å². The summed E-state index contributed by atoms with van der Waals surface area (Å²) < 4.78 is 81.1. The molecule has 0 atom stereocenters. The molecule has 0 saturated heterocycles. The minimum absolute atomic E-state index is 0.121. The Kier molecular flexibility index (Phi) is 3.88. The third-order valence-electron chi connectivity index (χ3n) is 3.37. The summed E-state index contributed by atoms with van der Waals surface area (Å²) in [6.45, 7) is 0. The molecule has 0 aliphatic heterocycles. The fraction of sp³-hybridized carbons (Fsp3) is 0. The molecule has 10 heteroatoms. The summed E-state index contributed by atoms with van der Waals surface area (Å²) in [5.41, 5.74) is -1.48. The van der Waals surface area contributed by atoms with Crippen LogP contribution >= 0.6 is 0 Å². The maximum Gasteiger partial charge on any atom is 0.264 e. The van der Waals surface area contributed by atoms with Crippen LogP contribution in [0.2, 0.25) is 0 Å². The SMILES string of the molecule is N#Cc1cc(F)c(NS(=O)(=O)c2c[nH]c3cc(F)cc(F)c23)cc1F. The Morgan fingerprint density at radius 2 is 1.72 bits per heavy atom. The lowest BCUT2D eigenvalue weighted by molar-refractivity contribution is 0.586. The molecule has 0 unspecified atom stereocenters. The summed E-state index contributed by atoms with van der Waals surface area (Å²) in [7, 11) is -4.52. The molecular weight excluding hydrogens is 362 g/mol. The number of nitrogens with zero attached hydrogens (tertiary/aromatic N) is 1. The van der Waals surface area contributed by atoms with Gasteiger partial charge in [-0.2, -0.15) is 5.26 Å². The largest absolute Gasteiger partial charge is 0.360 e. The maximum absolute atomic E-state index is 13.9. The van der Waals surface area contributed by atoms with Crippen molar-refractivity contribution in [2.24, 2.45) is 0 Å². The molecule has 3 aromatic rings. The zero-order chi connectivity index (χ0) is 18.4. The molecule has 2 N–H and O–H groups in total. The molecule has 5 nitrogen and oxygen atoms in total. The van der Waals surface area contributed by atoms with Crippen LogP contribution in [0.25, 0.3) is 10.9 Å². The van der Waals surface area contributed by atoms with Crippen LogP contribution < -0.4 is 4.72 Å². The molecule has 0 fully saturated rings. The first-order valence-corrected chi connectivity index (χ1v) is 8.09. The smallest absolute Gasteiger partial charge is 0.264 e. The fourth-order valence-corrected chi connectivity index (χ4v) is 3.52. The average molecular weight is 369 g/mol. The summed E-state index contributed by atoms with van der Waals surface area (Å²) in [6, 6.07) is 3.82. The van der Waals surface area contributed by atoms with Gasteiger partial charge in [0.25, 0.3) is 10.0 Å². The van der Waals surface area contributed by atoms with Gasteiger partial charge in [-0.05, 0) is 12.1 Å². The lowest BCUT2D eigenvalue weighted by Crippen LogP contribution is -2.14. The standard InChI is InChI=1S/C15H7F4N3O2S/c16-8-2-11(19)15-13(3-8)21-6-14(15)25(23,24)22-12-4-9(17)7(5-20)1-10(12)18/h1-4,6,21-22H. The molecule has 0 amide bonds. The van der Waals surface area contributed by atoms with Crippen molar-refractivity contribution in [1.29, 1.82) is 5.26 Å². The molecule has 0 spiro atoms. The number of halogens is 4. The summed E-state index contributed by atoms with van der Waals surface area (Å²) in [4.78, 5) is 1.79. The molecule has 3 rings (SSSR count). The number of sulfonamides is 1. The molecule has 0 bridgehead atoms. The molecule has 0 aliphatic rings. The number of fused-ring (bicyclic) bond motifs is 1. The Morgan fingerprint density at radius 1 is 1.00 bits per heavy atom. The number of hydrogen-bond donors (Lipinski definition) is 2. The van der Waals surface area contributed by atoms with Crippen molar-refractivity contribution >= 4 is 26.6 Å². The fourth-order valence-electron chi connectivity index (χ4n) is 2.28. The number of nitrogens with one attached hydrogen (secondary N) is 2. The van der Waals surface area contributed by atoms with Crippen molar-refractivity contribution in [3.05, 3.63) is 59.3 Å². The quantitative estimate of drug-likeness (QED) is 0.694. The predicted octanol–water partition coefficient (Wildman–Crippen LogP) is 3.40. The predicted molar refractivity (Wildman–Crippen MR) is 80.1 cm³/mol. The van der Waals surface area contributed by atoms with E-state index in [0.717, 1.165) is 12.3 Å². The Bertz CT molecular complexity index is 1150. The van der Waals surface area contributed by atoms with E-state index >= 15 is 0 Å². The second-order valence-electron chi connectivity index (χ2n) is 4.99. The maximum atomic E-state index is 13.9. The highest BCUT2D eigenvalue weighted by Crippen LogP contribution is 2.29. The van der Waals surface area contributed by atoms with Crippen molar-refractivity contribution in [3.63, 3.8) is 0 Å². The highest BCUT2D eigenvalue weighted by Gasteiger charge is 2.24. The molecule has 25 heavy (non-hydrogen) atoms. The van der Waals surface area contributed by atoms with Gasteiger partial charge in [-0.1, -0.05) is 0 Å². The van der Waals surface area contributed by atoms with E-state index in [0.29, 0.717) is 18.2 Å². The summed E-state index contributed by atoms with van der Waals surface area (Å²) in [5, 5.41) is 8.19. The molecule has 0 aliphatic carbocycles. The molecule has 2 aromatic carbocycles. The van der Waals surface area contributed by atoms with Gasteiger partial charge in [0.2, 0.25) is 0 Å². The minimum Gasteiger partial charge on any atom is -0.360 e. The van der Waals surface area contributed by atoms with Gasteiger partial charge >= 0.3 is 0 Å². The van der Waals surface area contributed by atoms with Crippen LogP contribution in [-0.2, 0) is 10.0 Å². The number of H-pyrrole nitrogens is 1. The van der Waals surface area contributed by atoms with Crippen LogP contribution in [0.15, 0.2) is 35.4 Å². The first kappa shape index (κ1) is 16.8. The zero-order valence-electron chi connectivity index (χ0n) is 12.1. The minimum atomic E-state index is -4.52. The summed E-state index contributed by atoms with van der Waals surface area (Å²) >= 11 is 0. The summed E-state index contributed by atoms with van der Waals surface area (Å²) in [6.07, 6.45) is 0.896. The van der Waals surface area contributed by atoms with E-state index < -0.39 is 54.8 Å². The lowest BCUT2D eigenvalue weighted by Gasteiger charge is -2.09.